The van der Waals surface area contributed by atoms with E-state index in [0.717, 1.165) is 19.6 Å². The molecule has 1 aromatic heterocycles. The maximum absolute atomic E-state index is 13.0. The molecule has 2 aliphatic heterocycles. The predicted octanol–water partition coefficient (Wildman–Crippen LogP) is 1.60. The van der Waals surface area contributed by atoms with Gasteiger partial charge in [-0.1, -0.05) is 0 Å². The Morgan fingerprint density at radius 2 is 1.81 bits per heavy atom. The summed E-state index contributed by atoms with van der Waals surface area (Å²) in [7, 11) is 3.13. The molecule has 3 heterocycles. The van der Waals surface area contributed by atoms with Gasteiger partial charge in [-0.25, -0.2) is 0 Å². The number of ether oxygens (including phenoxy) is 3. The summed E-state index contributed by atoms with van der Waals surface area (Å²) in [6.45, 7) is 5.05. The van der Waals surface area contributed by atoms with Crippen LogP contribution in [0.4, 0.5) is 0 Å². The van der Waals surface area contributed by atoms with Crippen LogP contribution in [0.25, 0.3) is 0 Å². The third-order valence-electron chi connectivity index (χ3n) is 5.92. The average Bonchev–Trinajstić information content (AvgIpc) is 3.38. The van der Waals surface area contributed by atoms with Gasteiger partial charge >= 0.3 is 0 Å². The number of carbonyl (C=O) groups is 2. The normalized spacial score (nSPS) is 19.6. The topological polar surface area (TPSA) is 84.7 Å². The molecular weight excluding hydrogens is 414 g/mol. The van der Waals surface area contributed by atoms with Gasteiger partial charge in [0.05, 0.1) is 38.8 Å². The molecule has 0 saturated carbocycles. The van der Waals surface area contributed by atoms with Crippen molar-refractivity contribution < 1.29 is 28.2 Å². The van der Waals surface area contributed by atoms with Crippen molar-refractivity contribution in [1.82, 2.24) is 14.7 Å². The maximum Gasteiger partial charge on any atom is 0.289 e. The molecule has 1 unspecified atom stereocenters. The molecule has 172 valence electrons. The van der Waals surface area contributed by atoms with Crippen LogP contribution in [0.3, 0.4) is 0 Å². The molecule has 0 spiro atoms. The van der Waals surface area contributed by atoms with E-state index in [9.17, 15) is 9.59 Å². The van der Waals surface area contributed by atoms with Gasteiger partial charge in [-0.2, -0.15) is 0 Å². The molecule has 2 saturated heterocycles. The summed E-state index contributed by atoms with van der Waals surface area (Å²) < 4.78 is 21.7. The van der Waals surface area contributed by atoms with E-state index >= 15 is 0 Å². The molecule has 2 amide bonds. The molecule has 2 aliphatic rings. The van der Waals surface area contributed by atoms with Gasteiger partial charge in [0.25, 0.3) is 11.8 Å². The summed E-state index contributed by atoms with van der Waals surface area (Å²) in [6, 6.07) is 8.63. The smallest absolute Gasteiger partial charge is 0.289 e. The first-order chi connectivity index (χ1) is 15.6. The van der Waals surface area contributed by atoms with E-state index in [1.165, 1.54) is 6.26 Å². The van der Waals surface area contributed by atoms with E-state index in [2.05, 4.69) is 4.90 Å². The molecule has 0 N–H and O–H groups in total. The molecule has 9 heteroatoms. The number of furan rings is 1. The number of carbonyl (C=O) groups excluding carboxylic acids is 2. The van der Waals surface area contributed by atoms with E-state index in [0.29, 0.717) is 55.6 Å². The van der Waals surface area contributed by atoms with Crippen LogP contribution in [-0.4, -0.2) is 99.3 Å². The zero-order valence-electron chi connectivity index (χ0n) is 18.5. The van der Waals surface area contributed by atoms with Gasteiger partial charge in [-0.15, -0.1) is 0 Å². The Hall–Kier alpha value is -3.04. The first-order valence-corrected chi connectivity index (χ1v) is 10.8. The summed E-state index contributed by atoms with van der Waals surface area (Å²) in [5, 5.41) is 0. The van der Waals surface area contributed by atoms with Crippen LogP contribution in [0, 0.1) is 0 Å². The third-order valence-corrected chi connectivity index (χ3v) is 5.92. The number of piperazine rings is 1. The van der Waals surface area contributed by atoms with Crippen molar-refractivity contribution >= 4 is 11.8 Å². The highest BCUT2D eigenvalue weighted by Crippen LogP contribution is 2.26. The summed E-state index contributed by atoms with van der Waals surface area (Å²) in [5.74, 6) is 1.36. The fourth-order valence-corrected chi connectivity index (χ4v) is 4.14. The molecular formula is C23H29N3O6. The summed E-state index contributed by atoms with van der Waals surface area (Å²) >= 11 is 0. The van der Waals surface area contributed by atoms with Crippen molar-refractivity contribution in [2.24, 2.45) is 0 Å². The fourth-order valence-electron chi connectivity index (χ4n) is 4.14. The lowest BCUT2D eigenvalue weighted by atomic mass is 10.1. The number of rotatable bonds is 6. The molecule has 4 rings (SSSR count). The van der Waals surface area contributed by atoms with E-state index in [-0.39, 0.29) is 17.9 Å². The second-order valence-electron chi connectivity index (χ2n) is 7.88. The first-order valence-electron chi connectivity index (χ1n) is 10.8. The van der Waals surface area contributed by atoms with Crippen molar-refractivity contribution in [2.75, 3.05) is 66.6 Å². The second-order valence-corrected chi connectivity index (χ2v) is 7.88. The van der Waals surface area contributed by atoms with E-state index in [4.69, 9.17) is 18.6 Å². The highest BCUT2D eigenvalue weighted by Gasteiger charge is 2.30. The van der Waals surface area contributed by atoms with Crippen LogP contribution < -0.4 is 9.47 Å². The van der Waals surface area contributed by atoms with E-state index in [1.807, 2.05) is 4.90 Å². The Balaban J connectivity index is 1.29. The summed E-state index contributed by atoms with van der Waals surface area (Å²) in [6.07, 6.45) is 1.44. The Morgan fingerprint density at radius 3 is 2.50 bits per heavy atom. The van der Waals surface area contributed by atoms with E-state index in [1.54, 1.807) is 49.5 Å². The first kappa shape index (κ1) is 22.2. The van der Waals surface area contributed by atoms with Crippen LogP contribution in [0.15, 0.2) is 41.0 Å². The van der Waals surface area contributed by atoms with Crippen molar-refractivity contribution in [2.45, 2.75) is 6.10 Å². The lowest BCUT2D eigenvalue weighted by molar-refractivity contribution is -0.0406. The van der Waals surface area contributed by atoms with Gasteiger partial charge in [0.15, 0.2) is 5.76 Å². The van der Waals surface area contributed by atoms with Gasteiger partial charge in [-0.05, 0) is 24.3 Å². The number of nitrogens with zero attached hydrogens (tertiary/aromatic N) is 3. The lowest BCUT2D eigenvalue weighted by Gasteiger charge is -2.39. The number of amides is 2. The predicted molar refractivity (Wildman–Crippen MR) is 116 cm³/mol. The minimum Gasteiger partial charge on any atom is -0.497 e. The van der Waals surface area contributed by atoms with Crippen molar-refractivity contribution in [1.29, 1.82) is 0 Å². The molecule has 1 atom stereocenters. The molecule has 2 fully saturated rings. The average molecular weight is 444 g/mol. The van der Waals surface area contributed by atoms with Crippen LogP contribution >= 0.6 is 0 Å². The number of morpholine rings is 1. The lowest BCUT2D eigenvalue weighted by Crippen LogP contribution is -2.54. The number of methoxy groups -OCH3 is 2. The zero-order chi connectivity index (χ0) is 22.5. The quantitative estimate of drug-likeness (QED) is 0.670. The van der Waals surface area contributed by atoms with Crippen LogP contribution in [-0.2, 0) is 4.74 Å². The number of hydrogen-bond acceptors (Lipinski definition) is 7. The fraction of sp³-hybridized carbons (Fsp3) is 0.478. The molecule has 32 heavy (non-hydrogen) atoms. The number of hydrogen-bond donors (Lipinski definition) is 0. The largest absolute Gasteiger partial charge is 0.497 e. The van der Waals surface area contributed by atoms with Gasteiger partial charge in [0.1, 0.15) is 11.5 Å². The van der Waals surface area contributed by atoms with Gasteiger partial charge in [0, 0.05) is 51.9 Å². The van der Waals surface area contributed by atoms with Crippen molar-refractivity contribution in [3.63, 3.8) is 0 Å². The Bertz CT molecular complexity index is 924. The summed E-state index contributed by atoms with van der Waals surface area (Å²) in [4.78, 5) is 31.5. The molecule has 0 aliphatic carbocycles. The van der Waals surface area contributed by atoms with Gasteiger partial charge in [-0.3, -0.25) is 14.5 Å². The number of benzene rings is 1. The molecule has 0 bridgehead atoms. The highest BCUT2D eigenvalue weighted by atomic mass is 16.5. The monoisotopic (exact) mass is 443 g/mol. The zero-order valence-corrected chi connectivity index (χ0v) is 18.5. The molecule has 2 aromatic rings. The minimum absolute atomic E-state index is 0.0479. The van der Waals surface area contributed by atoms with Crippen molar-refractivity contribution in [3.8, 4) is 11.5 Å². The third kappa shape index (κ3) is 4.89. The van der Waals surface area contributed by atoms with E-state index < -0.39 is 0 Å². The standard InChI is InChI=1S/C23H29N3O6/c1-29-17-5-6-19(21(14-17)30-2)22(27)25-9-7-24(8-10-25)15-18-16-26(11-13-31-18)23(28)20-4-3-12-32-20/h3-6,12,14,18H,7-11,13,15-16H2,1-2H3. The molecule has 1 aromatic carbocycles. The molecule has 0 radical (unpaired) electrons. The highest BCUT2D eigenvalue weighted by molar-refractivity contribution is 5.97. The van der Waals surface area contributed by atoms with Gasteiger partial charge < -0.3 is 28.4 Å². The van der Waals surface area contributed by atoms with Gasteiger partial charge in [0.2, 0.25) is 0 Å². The second kappa shape index (κ2) is 10.1. The molecule has 9 nitrogen and oxygen atoms in total. The summed E-state index contributed by atoms with van der Waals surface area (Å²) in [5.41, 5.74) is 0.532. The maximum atomic E-state index is 13.0. The van der Waals surface area contributed by atoms with Crippen LogP contribution in [0.2, 0.25) is 0 Å². The Kier molecular flexibility index (Phi) is 6.96. The minimum atomic E-state index is -0.104. The SMILES string of the molecule is COc1ccc(C(=O)N2CCN(CC3CN(C(=O)c4ccco4)CCO3)CC2)c(OC)c1. The van der Waals surface area contributed by atoms with Crippen LogP contribution in [0.5, 0.6) is 11.5 Å². The van der Waals surface area contributed by atoms with Crippen molar-refractivity contribution in [3.05, 3.63) is 47.9 Å². The Morgan fingerprint density at radius 1 is 1.00 bits per heavy atom. The Labute approximate surface area is 187 Å². The van der Waals surface area contributed by atoms with Crippen LogP contribution in [0.1, 0.15) is 20.9 Å².